The average Bonchev–Trinajstić information content (AvgIpc) is 3.71. The van der Waals surface area contributed by atoms with Crippen LogP contribution < -0.4 is 21.7 Å². The highest BCUT2D eigenvalue weighted by Gasteiger charge is 2.43. The Hall–Kier alpha value is -4.53. The second kappa shape index (κ2) is 24.2. The van der Waals surface area contributed by atoms with E-state index in [1.54, 1.807) is 62.3 Å². The van der Waals surface area contributed by atoms with Gasteiger partial charge in [-0.2, -0.15) is 0 Å². The number of methoxy groups -OCH3 is 2. The van der Waals surface area contributed by atoms with Gasteiger partial charge < -0.3 is 41.0 Å². The van der Waals surface area contributed by atoms with Gasteiger partial charge in [0.05, 0.1) is 48.7 Å². The number of amides is 5. The van der Waals surface area contributed by atoms with Gasteiger partial charge in [0.2, 0.25) is 23.6 Å². The lowest BCUT2D eigenvalue weighted by Gasteiger charge is -2.41. The van der Waals surface area contributed by atoms with Crippen molar-refractivity contribution >= 4 is 35.2 Å². The number of hydrogen-bond acceptors (Lipinski definition) is 9. The Kier molecular flexibility index (Phi) is 20.2. The Morgan fingerprint density at radius 3 is 2.03 bits per heavy atom. The molecule has 61 heavy (non-hydrogen) atoms. The van der Waals surface area contributed by atoms with Crippen LogP contribution in [0.4, 0.5) is 5.69 Å². The molecule has 0 aliphatic carbocycles. The number of anilines is 1. The van der Waals surface area contributed by atoms with Gasteiger partial charge in [-0.3, -0.25) is 28.9 Å². The standard InChI is InChI=1S/C47H75N7O7/c1-13-31(6)42(53(10)47(59)40(29(2)3)51-46(58)41(30(4)5)52(8)9)38(60-11)27-39(55)54-25-17-20-37(54)43(61-12)32(7)44(56)50-36(26-33-18-15-14-16-19-33)28-49-45(57)34-21-23-35(48)24-22-34/h14-16,18-19,21-24,29-32,36-38,40-43H,13,17,20,25-28,48H2,1-12H3,(H,49,57)(H,50,56)(H,51,58)/t31?,32?,36?,37?,38?,40-,41?,42?,43?/m0/s1. The van der Waals surface area contributed by atoms with E-state index in [9.17, 15) is 24.0 Å². The van der Waals surface area contributed by atoms with E-state index in [-0.39, 0.29) is 66.3 Å². The van der Waals surface area contributed by atoms with Crippen molar-refractivity contribution in [2.45, 2.75) is 123 Å². The first-order valence-corrected chi connectivity index (χ1v) is 21.9. The number of hydrogen-bond donors (Lipinski definition) is 4. The Morgan fingerprint density at radius 2 is 1.49 bits per heavy atom. The first-order valence-electron chi connectivity index (χ1n) is 21.9. The van der Waals surface area contributed by atoms with E-state index in [2.05, 4.69) is 16.0 Å². The minimum atomic E-state index is -0.774. The Bertz CT molecular complexity index is 1700. The first-order chi connectivity index (χ1) is 28.9. The van der Waals surface area contributed by atoms with Crippen molar-refractivity contribution in [3.05, 3.63) is 65.7 Å². The van der Waals surface area contributed by atoms with E-state index in [1.165, 1.54) is 0 Å². The molecule has 2 aromatic carbocycles. The van der Waals surface area contributed by atoms with Crippen molar-refractivity contribution in [1.82, 2.24) is 30.7 Å². The van der Waals surface area contributed by atoms with E-state index in [4.69, 9.17) is 15.2 Å². The summed E-state index contributed by atoms with van der Waals surface area (Å²) in [4.78, 5) is 74.6. The summed E-state index contributed by atoms with van der Waals surface area (Å²) in [5, 5.41) is 9.17. The van der Waals surface area contributed by atoms with Gasteiger partial charge >= 0.3 is 0 Å². The quantitative estimate of drug-likeness (QED) is 0.118. The van der Waals surface area contributed by atoms with Gasteiger partial charge in [-0.1, -0.05) is 85.2 Å². The zero-order valence-electron chi connectivity index (χ0n) is 38.8. The number of likely N-dealkylation sites (N-methyl/N-ethyl adjacent to an activating group) is 2. The molecule has 0 bridgehead atoms. The fraction of sp³-hybridized carbons (Fsp3) is 0.638. The molecule has 0 aromatic heterocycles. The molecule has 5 amide bonds. The van der Waals surface area contributed by atoms with Gasteiger partial charge in [-0.25, -0.2) is 0 Å². The zero-order valence-corrected chi connectivity index (χ0v) is 38.8. The van der Waals surface area contributed by atoms with Crippen LogP contribution in [0.3, 0.4) is 0 Å². The van der Waals surface area contributed by atoms with Crippen molar-refractivity contribution in [3.63, 3.8) is 0 Å². The molecule has 2 aromatic rings. The summed E-state index contributed by atoms with van der Waals surface area (Å²) in [6.45, 7) is 14.4. The normalized spacial score (nSPS) is 18.1. The highest BCUT2D eigenvalue weighted by Crippen LogP contribution is 2.30. The molecule has 340 valence electrons. The molecule has 1 saturated heterocycles. The Balaban J connectivity index is 1.78. The fourth-order valence-corrected chi connectivity index (χ4v) is 8.77. The number of likely N-dealkylation sites (tertiary alicyclic amines) is 1. The molecule has 0 spiro atoms. The lowest BCUT2D eigenvalue weighted by Crippen LogP contribution is -2.59. The number of benzene rings is 2. The number of ether oxygens (including phenoxy) is 2. The van der Waals surface area contributed by atoms with Crippen LogP contribution in [-0.4, -0.2) is 135 Å². The monoisotopic (exact) mass is 850 g/mol. The number of nitrogens with one attached hydrogen (secondary N) is 3. The zero-order chi connectivity index (χ0) is 45.6. The van der Waals surface area contributed by atoms with Crippen molar-refractivity contribution in [3.8, 4) is 0 Å². The number of carbonyl (C=O) groups excluding carboxylic acids is 5. The van der Waals surface area contributed by atoms with Crippen LogP contribution in [0.2, 0.25) is 0 Å². The Labute approximate surface area is 365 Å². The second-order valence-electron chi connectivity index (χ2n) is 17.7. The second-order valence-corrected chi connectivity index (χ2v) is 17.7. The molecule has 14 nitrogen and oxygen atoms in total. The molecule has 0 saturated carbocycles. The van der Waals surface area contributed by atoms with Crippen molar-refractivity contribution in [2.75, 3.05) is 54.2 Å². The van der Waals surface area contributed by atoms with Gasteiger partial charge in [0.1, 0.15) is 6.04 Å². The minimum absolute atomic E-state index is 0.0122. The maximum atomic E-state index is 14.4. The number of nitrogen functional groups attached to an aromatic ring is 1. The molecule has 5 N–H and O–H groups in total. The van der Waals surface area contributed by atoms with Gasteiger partial charge in [0.25, 0.3) is 5.91 Å². The molecule has 1 aliphatic heterocycles. The molecule has 8 unspecified atom stereocenters. The van der Waals surface area contributed by atoms with E-state index in [0.29, 0.717) is 30.6 Å². The number of rotatable bonds is 23. The van der Waals surface area contributed by atoms with Crippen LogP contribution in [0, 0.1) is 23.7 Å². The van der Waals surface area contributed by atoms with Crippen LogP contribution in [0.5, 0.6) is 0 Å². The molecular weight excluding hydrogens is 775 g/mol. The van der Waals surface area contributed by atoms with Crippen molar-refractivity contribution in [2.24, 2.45) is 23.7 Å². The highest BCUT2D eigenvalue weighted by atomic mass is 16.5. The third-order valence-electron chi connectivity index (χ3n) is 12.3. The molecular formula is C47H75N7O7. The van der Waals surface area contributed by atoms with Crippen LogP contribution in [0.25, 0.3) is 0 Å². The van der Waals surface area contributed by atoms with Gasteiger partial charge in [-0.15, -0.1) is 0 Å². The lowest BCUT2D eigenvalue weighted by molar-refractivity contribution is -0.148. The smallest absolute Gasteiger partial charge is 0.251 e. The third-order valence-corrected chi connectivity index (χ3v) is 12.3. The van der Waals surface area contributed by atoms with Crippen LogP contribution >= 0.6 is 0 Å². The summed E-state index contributed by atoms with van der Waals surface area (Å²) in [7, 11) is 8.57. The number of nitrogens with two attached hydrogens (primary N) is 1. The first kappa shape index (κ1) is 50.8. The average molecular weight is 850 g/mol. The molecule has 0 radical (unpaired) electrons. The topological polar surface area (TPSA) is 176 Å². The summed E-state index contributed by atoms with van der Waals surface area (Å²) in [5.74, 6) is -1.95. The van der Waals surface area contributed by atoms with Gasteiger partial charge in [0.15, 0.2) is 0 Å². The minimum Gasteiger partial charge on any atom is -0.399 e. The van der Waals surface area contributed by atoms with E-state index >= 15 is 0 Å². The van der Waals surface area contributed by atoms with E-state index < -0.39 is 42.3 Å². The van der Waals surface area contributed by atoms with Crippen LogP contribution in [0.1, 0.15) is 90.1 Å². The fourth-order valence-electron chi connectivity index (χ4n) is 8.77. The summed E-state index contributed by atoms with van der Waals surface area (Å²) < 4.78 is 12.1. The van der Waals surface area contributed by atoms with Crippen molar-refractivity contribution in [1.29, 1.82) is 0 Å². The molecule has 9 atom stereocenters. The van der Waals surface area contributed by atoms with E-state index in [1.807, 2.05) is 90.9 Å². The molecule has 3 rings (SSSR count). The molecule has 1 fully saturated rings. The third kappa shape index (κ3) is 14.0. The summed E-state index contributed by atoms with van der Waals surface area (Å²) in [5.41, 5.74) is 7.83. The maximum Gasteiger partial charge on any atom is 0.251 e. The summed E-state index contributed by atoms with van der Waals surface area (Å²) in [6.07, 6.45) is 1.36. The highest BCUT2D eigenvalue weighted by molar-refractivity contribution is 5.94. The van der Waals surface area contributed by atoms with Gasteiger partial charge in [-0.05, 0) is 80.9 Å². The molecule has 1 aliphatic rings. The van der Waals surface area contributed by atoms with Gasteiger partial charge in [0, 0.05) is 45.6 Å². The predicted molar refractivity (Wildman–Crippen MR) is 240 cm³/mol. The van der Waals surface area contributed by atoms with E-state index in [0.717, 1.165) is 18.4 Å². The molecule has 1 heterocycles. The number of nitrogens with zero attached hydrogens (tertiary/aromatic N) is 3. The Morgan fingerprint density at radius 1 is 0.852 bits per heavy atom. The summed E-state index contributed by atoms with van der Waals surface area (Å²) in [6, 6.07) is 14.0. The number of carbonyl (C=O) groups is 5. The van der Waals surface area contributed by atoms with Crippen LogP contribution in [-0.2, 0) is 35.1 Å². The molecule has 14 heteroatoms. The maximum absolute atomic E-state index is 14.4. The van der Waals surface area contributed by atoms with Crippen molar-refractivity contribution < 1.29 is 33.4 Å². The summed E-state index contributed by atoms with van der Waals surface area (Å²) >= 11 is 0. The largest absolute Gasteiger partial charge is 0.399 e. The predicted octanol–water partition coefficient (Wildman–Crippen LogP) is 4.37. The SMILES string of the molecule is CCC(C)C(C(CC(=O)N1CCCC1C(OC)C(C)C(=O)NC(CNC(=O)c1ccc(N)cc1)Cc1ccccc1)OC)N(C)C(=O)[C@@H](NC(=O)C(C(C)C)N(C)C)C(C)C. The lowest BCUT2D eigenvalue weighted by atomic mass is 9.89. The van der Waals surface area contributed by atoms with Crippen LogP contribution in [0.15, 0.2) is 54.6 Å².